The van der Waals surface area contributed by atoms with Crippen molar-refractivity contribution in [3.63, 3.8) is 0 Å². The molecule has 1 aromatic rings. The fourth-order valence-electron chi connectivity index (χ4n) is 4.28. The molecule has 6 nitrogen and oxygen atoms in total. The molecule has 0 aromatic heterocycles. The molecule has 3 aliphatic rings. The van der Waals surface area contributed by atoms with Gasteiger partial charge in [-0.25, -0.2) is 13.6 Å². The van der Waals surface area contributed by atoms with Crippen molar-refractivity contribution in [3.8, 4) is 0 Å². The van der Waals surface area contributed by atoms with Crippen LogP contribution in [0.5, 0.6) is 0 Å². The lowest BCUT2D eigenvalue weighted by atomic mass is 9.93. The fraction of sp³-hybridized carbons (Fsp3) is 0.526. The van der Waals surface area contributed by atoms with Crippen molar-refractivity contribution in [2.24, 2.45) is 5.73 Å². The second kappa shape index (κ2) is 7.18. The van der Waals surface area contributed by atoms with Crippen LogP contribution in [0.4, 0.5) is 13.6 Å². The first-order valence-electron chi connectivity index (χ1n) is 9.05. The number of amides is 1. The van der Waals surface area contributed by atoms with E-state index in [1.54, 1.807) is 4.90 Å². The van der Waals surface area contributed by atoms with Crippen LogP contribution in [0, 0.1) is 11.6 Å². The minimum absolute atomic E-state index is 0.116. The summed E-state index contributed by atoms with van der Waals surface area (Å²) in [6, 6.07) is 3.06. The first-order chi connectivity index (χ1) is 13.0. The van der Waals surface area contributed by atoms with Crippen molar-refractivity contribution in [3.05, 3.63) is 46.5 Å². The van der Waals surface area contributed by atoms with E-state index in [0.29, 0.717) is 26.1 Å². The van der Waals surface area contributed by atoms with Crippen molar-refractivity contribution >= 4 is 6.09 Å². The maximum atomic E-state index is 14.1. The third-order valence-corrected chi connectivity index (χ3v) is 5.67. The molecule has 0 saturated carbocycles. The van der Waals surface area contributed by atoms with E-state index in [1.165, 1.54) is 18.3 Å². The summed E-state index contributed by atoms with van der Waals surface area (Å²) < 4.78 is 38.2. The summed E-state index contributed by atoms with van der Waals surface area (Å²) in [6.07, 6.45) is -0.310. The molecule has 3 aliphatic heterocycles. The van der Waals surface area contributed by atoms with Gasteiger partial charge in [0.1, 0.15) is 17.7 Å². The number of carbonyl (C=O) groups is 1. The Kier molecular flexibility index (Phi) is 4.88. The number of hydrogen-bond donors (Lipinski definition) is 1. The molecule has 8 heteroatoms. The molecule has 1 amide bonds. The van der Waals surface area contributed by atoms with Crippen molar-refractivity contribution in [1.82, 2.24) is 9.80 Å². The van der Waals surface area contributed by atoms with E-state index in [2.05, 4.69) is 4.90 Å². The molecule has 3 heterocycles. The van der Waals surface area contributed by atoms with Gasteiger partial charge in [-0.2, -0.15) is 0 Å². The predicted octanol–water partition coefficient (Wildman–Crippen LogP) is 1.82. The minimum Gasteiger partial charge on any atom is -0.453 e. The van der Waals surface area contributed by atoms with Crippen LogP contribution in [0.25, 0.3) is 0 Å². The zero-order valence-electron chi connectivity index (χ0n) is 15.2. The van der Waals surface area contributed by atoms with Crippen LogP contribution in [-0.2, 0) is 9.47 Å². The van der Waals surface area contributed by atoms with Crippen LogP contribution < -0.4 is 5.73 Å². The van der Waals surface area contributed by atoms with E-state index in [-0.39, 0.29) is 17.7 Å². The molecule has 27 heavy (non-hydrogen) atoms. The molecule has 0 bridgehead atoms. The van der Waals surface area contributed by atoms with Gasteiger partial charge in [-0.05, 0) is 35.8 Å². The summed E-state index contributed by atoms with van der Waals surface area (Å²) in [4.78, 5) is 15.6. The van der Waals surface area contributed by atoms with Crippen LogP contribution >= 0.6 is 0 Å². The van der Waals surface area contributed by atoms with Gasteiger partial charge in [0.15, 0.2) is 0 Å². The number of methoxy groups -OCH3 is 1. The number of ether oxygens (including phenoxy) is 2. The number of halogens is 2. The van der Waals surface area contributed by atoms with Crippen molar-refractivity contribution in [2.75, 3.05) is 39.9 Å². The molecular weight excluding hydrogens is 356 g/mol. The van der Waals surface area contributed by atoms with Gasteiger partial charge in [0, 0.05) is 43.8 Å². The Labute approximate surface area is 156 Å². The predicted molar refractivity (Wildman–Crippen MR) is 94.0 cm³/mol. The van der Waals surface area contributed by atoms with Crippen LogP contribution in [0.3, 0.4) is 0 Å². The van der Waals surface area contributed by atoms with Gasteiger partial charge in [0.2, 0.25) is 0 Å². The Morgan fingerprint density at radius 2 is 1.93 bits per heavy atom. The molecule has 1 fully saturated rings. The lowest BCUT2D eigenvalue weighted by molar-refractivity contribution is -0.0469. The third-order valence-electron chi connectivity index (χ3n) is 5.67. The van der Waals surface area contributed by atoms with Gasteiger partial charge in [0.25, 0.3) is 0 Å². The van der Waals surface area contributed by atoms with Crippen LogP contribution in [0.15, 0.2) is 29.3 Å². The standard InChI is InChI=1S/C19H23F2N3O3/c1-26-19(25)24-8-11-6-23(7-12(11)9-24)14-5-17(22)18(27-10-14)15-4-13(20)2-3-16(15)21/h2-4,14,17-18H,5-10,22H2,1H3. The van der Waals surface area contributed by atoms with E-state index in [0.717, 1.165) is 31.3 Å². The van der Waals surface area contributed by atoms with Crippen molar-refractivity contribution in [1.29, 1.82) is 0 Å². The number of carbonyl (C=O) groups excluding carboxylic acids is 1. The quantitative estimate of drug-likeness (QED) is 0.794. The first-order valence-corrected chi connectivity index (χ1v) is 9.05. The zero-order chi connectivity index (χ0) is 19.1. The lowest BCUT2D eigenvalue weighted by Crippen LogP contribution is -2.49. The van der Waals surface area contributed by atoms with Gasteiger partial charge in [-0.15, -0.1) is 0 Å². The highest BCUT2D eigenvalue weighted by molar-refractivity contribution is 5.69. The van der Waals surface area contributed by atoms with Crippen molar-refractivity contribution < 1.29 is 23.0 Å². The topological polar surface area (TPSA) is 68.0 Å². The molecular formula is C19H23F2N3O3. The lowest BCUT2D eigenvalue weighted by Gasteiger charge is -2.39. The Morgan fingerprint density at radius 3 is 2.56 bits per heavy atom. The fourth-order valence-corrected chi connectivity index (χ4v) is 4.28. The third kappa shape index (κ3) is 3.44. The average Bonchev–Trinajstić information content (AvgIpc) is 3.22. The van der Waals surface area contributed by atoms with Crippen LogP contribution in [0.1, 0.15) is 18.1 Å². The summed E-state index contributed by atoms with van der Waals surface area (Å²) in [7, 11) is 1.39. The second-order valence-corrected chi connectivity index (χ2v) is 7.41. The average molecular weight is 379 g/mol. The Bertz CT molecular complexity index is 767. The Morgan fingerprint density at radius 1 is 1.22 bits per heavy atom. The number of nitrogens with zero attached hydrogens (tertiary/aromatic N) is 2. The number of benzene rings is 1. The molecule has 0 aliphatic carbocycles. The smallest absolute Gasteiger partial charge is 0.410 e. The van der Waals surface area contributed by atoms with E-state index < -0.39 is 23.8 Å². The van der Waals surface area contributed by atoms with Gasteiger partial charge in [0.05, 0.1) is 13.7 Å². The van der Waals surface area contributed by atoms with E-state index in [4.69, 9.17) is 15.2 Å². The molecule has 1 aromatic carbocycles. The Hall–Kier alpha value is -2.03. The summed E-state index contributed by atoms with van der Waals surface area (Å²) in [5, 5.41) is 0. The minimum atomic E-state index is -0.644. The molecule has 3 unspecified atom stereocenters. The molecule has 4 rings (SSSR count). The van der Waals surface area contributed by atoms with Crippen LogP contribution in [-0.4, -0.2) is 67.9 Å². The molecule has 146 valence electrons. The molecule has 3 atom stereocenters. The summed E-state index contributed by atoms with van der Waals surface area (Å²) in [5.41, 5.74) is 8.92. The second-order valence-electron chi connectivity index (χ2n) is 7.41. The van der Waals surface area contributed by atoms with Gasteiger partial charge < -0.3 is 20.1 Å². The molecule has 0 radical (unpaired) electrons. The highest BCUT2D eigenvalue weighted by Crippen LogP contribution is 2.34. The summed E-state index contributed by atoms with van der Waals surface area (Å²) in [5.74, 6) is -1.00. The number of nitrogens with two attached hydrogens (primary N) is 1. The normalized spacial score (nSPS) is 28.6. The van der Waals surface area contributed by atoms with Gasteiger partial charge >= 0.3 is 6.09 Å². The maximum Gasteiger partial charge on any atom is 0.410 e. The van der Waals surface area contributed by atoms with E-state index >= 15 is 0 Å². The molecule has 0 spiro atoms. The first kappa shape index (κ1) is 18.3. The summed E-state index contributed by atoms with van der Waals surface area (Å²) >= 11 is 0. The van der Waals surface area contributed by atoms with Gasteiger partial charge in [-0.3, -0.25) is 4.90 Å². The van der Waals surface area contributed by atoms with Crippen LogP contribution in [0.2, 0.25) is 0 Å². The SMILES string of the molecule is COC(=O)N1CC2=C(C1)CN(C1COC(c3cc(F)ccc3F)C(N)C1)C2. The van der Waals surface area contributed by atoms with E-state index in [1.807, 2.05) is 0 Å². The van der Waals surface area contributed by atoms with Crippen molar-refractivity contribution in [2.45, 2.75) is 24.6 Å². The molecule has 1 saturated heterocycles. The monoisotopic (exact) mass is 379 g/mol. The highest BCUT2D eigenvalue weighted by atomic mass is 19.1. The highest BCUT2D eigenvalue weighted by Gasteiger charge is 2.39. The number of hydrogen-bond acceptors (Lipinski definition) is 5. The molecule has 2 N–H and O–H groups in total. The largest absolute Gasteiger partial charge is 0.453 e. The van der Waals surface area contributed by atoms with E-state index in [9.17, 15) is 13.6 Å². The summed E-state index contributed by atoms with van der Waals surface area (Å²) in [6.45, 7) is 3.13. The zero-order valence-corrected chi connectivity index (χ0v) is 15.2. The maximum absolute atomic E-state index is 14.1. The number of rotatable bonds is 2. The Balaban J connectivity index is 1.36. The van der Waals surface area contributed by atoms with Gasteiger partial charge in [-0.1, -0.05) is 0 Å².